The zero-order valence-corrected chi connectivity index (χ0v) is 22.2. The number of benzene rings is 2. The van der Waals surface area contributed by atoms with Crippen LogP contribution in [0.1, 0.15) is 61.1 Å². The van der Waals surface area contributed by atoms with Crippen molar-refractivity contribution in [2.45, 2.75) is 57.5 Å². The Balaban J connectivity index is 1.66. The number of carbonyl (C=O) groups excluding carboxylic acids is 2. The molecule has 0 fully saturated rings. The molecule has 5 rings (SSSR count). The van der Waals surface area contributed by atoms with E-state index < -0.39 is 11.9 Å². The van der Waals surface area contributed by atoms with Gasteiger partial charge in [-0.3, -0.25) is 14.4 Å². The summed E-state index contributed by atoms with van der Waals surface area (Å²) in [6.45, 7) is 4.02. The van der Waals surface area contributed by atoms with Gasteiger partial charge in [0.25, 0.3) is 0 Å². The number of carboxylic acids is 1. The summed E-state index contributed by atoms with van der Waals surface area (Å²) in [6, 6.07) is 13.7. The lowest BCUT2D eigenvalue weighted by Crippen LogP contribution is -2.41. The van der Waals surface area contributed by atoms with Gasteiger partial charge in [-0.05, 0) is 49.3 Å². The van der Waals surface area contributed by atoms with Gasteiger partial charge in [0.15, 0.2) is 23.1 Å². The van der Waals surface area contributed by atoms with Crippen LogP contribution in [0.25, 0.3) is 0 Å². The van der Waals surface area contributed by atoms with Crippen LogP contribution in [0.15, 0.2) is 77.7 Å². The maximum Gasteiger partial charge on any atom is 0.323 e. The quantitative estimate of drug-likeness (QED) is 0.431. The molecule has 3 aliphatic rings. The van der Waals surface area contributed by atoms with Crippen LogP contribution in [0.3, 0.4) is 0 Å². The molecule has 0 spiro atoms. The fourth-order valence-corrected chi connectivity index (χ4v) is 6.08. The molecule has 0 aromatic heterocycles. The lowest BCUT2D eigenvalue weighted by Gasteiger charge is -2.43. The number of carbonyl (C=O) groups is 3. The van der Waals surface area contributed by atoms with Crippen LogP contribution in [0.5, 0.6) is 11.5 Å². The first-order valence-electron chi connectivity index (χ1n) is 13.4. The Morgan fingerprint density at radius 1 is 1.03 bits per heavy atom. The summed E-state index contributed by atoms with van der Waals surface area (Å²) in [7, 11) is 1.58. The summed E-state index contributed by atoms with van der Waals surface area (Å²) >= 11 is 0. The van der Waals surface area contributed by atoms with Crippen LogP contribution in [0.4, 0.5) is 0 Å². The molecule has 0 unspecified atom stereocenters. The smallest absolute Gasteiger partial charge is 0.323 e. The number of hydrogen-bond donors (Lipinski definition) is 1. The van der Waals surface area contributed by atoms with E-state index in [0.29, 0.717) is 74.2 Å². The van der Waals surface area contributed by atoms with E-state index in [0.717, 1.165) is 28.1 Å². The third-order valence-corrected chi connectivity index (χ3v) is 7.68. The van der Waals surface area contributed by atoms with Crippen LogP contribution in [0, 0.1) is 0 Å². The molecule has 0 radical (unpaired) electrons. The van der Waals surface area contributed by atoms with Crippen LogP contribution < -0.4 is 9.47 Å². The number of aliphatic carboxylic acids is 1. The summed E-state index contributed by atoms with van der Waals surface area (Å²) < 4.78 is 12.1. The lowest BCUT2D eigenvalue weighted by molar-refractivity contribution is -0.138. The fraction of sp³-hybridized carbons (Fsp3) is 0.344. The molecule has 0 saturated carbocycles. The Bertz CT molecular complexity index is 1340. The number of allylic oxidation sites excluding steroid dienone is 5. The third kappa shape index (κ3) is 5.13. The number of rotatable bonds is 9. The van der Waals surface area contributed by atoms with Gasteiger partial charge in [0.1, 0.15) is 13.2 Å². The number of hydrogen-bond acceptors (Lipinski definition) is 6. The Labute approximate surface area is 228 Å². The van der Waals surface area contributed by atoms with Crippen LogP contribution in [-0.4, -0.2) is 41.2 Å². The van der Waals surface area contributed by atoms with Gasteiger partial charge >= 0.3 is 5.97 Å². The Morgan fingerprint density at radius 3 is 2.23 bits per heavy atom. The van der Waals surface area contributed by atoms with Crippen molar-refractivity contribution in [2.24, 2.45) is 0 Å². The molecular weight excluding hydrogens is 494 g/mol. The van der Waals surface area contributed by atoms with Crippen LogP contribution >= 0.6 is 0 Å². The number of methoxy groups -OCH3 is 1. The van der Waals surface area contributed by atoms with E-state index >= 15 is 0 Å². The average molecular weight is 528 g/mol. The van der Waals surface area contributed by atoms with E-state index in [2.05, 4.69) is 6.58 Å². The highest BCUT2D eigenvalue weighted by Crippen LogP contribution is 2.50. The highest BCUT2D eigenvalue weighted by molar-refractivity contribution is 6.06. The first-order chi connectivity index (χ1) is 18.9. The molecule has 0 amide bonds. The monoisotopic (exact) mass is 527 g/mol. The van der Waals surface area contributed by atoms with E-state index in [-0.39, 0.29) is 18.1 Å². The van der Waals surface area contributed by atoms with Crippen molar-refractivity contribution < 1.29 is 29.0 Å². The maximum atomic E-state index is 13.5. The molecule has 7 nitrogen and oxygen atoms in total. The summed E-state index contributed by atoms with van der Waals surface area (Å²) in [5.74, 6) is -0.504. The summed E-state index contributed by atoms with van der Waals surface area (Å²) in [5, 5.41) is 9.69. The molecule has 2 aromatic carbocycles. The van der Waals surface area contributed by atoms with Gasteiger partial charge in [-0.1, -0.05) is 42.5 Å². The number of nitrogens with zero attached hydrogens (tertiary/aromatic N) is 1. The van der Waals surface area contributed by atoms with Crippen molar-refractivity contribution in [3.05, 3.63) is 94.4 Å². The van der Waals surface area contributed by atoms with E-state index in [1.54, 1.807) is 18.1 Å². The molecule has 2 aromatic rings. The molecule has 1 aliphatic heterocycles. The maximum absolute atomic E-state index is 13.5. The Morgan fingerprint density at radius 2 is 1.67 bits per heavy atom. The topological polar surface area (TPSA) is 93.1 Å². The van der Waals surface area contributed by atoms with Gasteiger partial charge in [0, 0.05) is 46.9 Å². The highest BCUT2D eigenvalue weighted by atomic mass is 16.5. The van der Waals surface area contributed by atoms with Crippen LogP contribution in [-0.2, 0) is 27.4 Å². The molecule has 1 N–H and O–H groups in total. The number of Topliss-reactive ketones (excluding diaryl/α,β-unsaturated/α-hetero) is 2. The molecule has 1 heterocycles. The van der Waals surface area contributed by atoms with E-state index in [1.165, 1.54) is 0 Å². The molecule has 202 valence electrons. The van der Waals surface area contributed by atoms with E-state index in [4.69, 9.17) is 9.47 Å². The first-order valence-corrected chi connectivity index (χ1v) is 13.4. The Hall–Kier alpha value is -4.13. The van der Waals surface area contributed by atoms with Crippen LogP contribution in [0.2, 0.25) is 0 Å². The van der Waals surface area contributed by atoms with Gasteiger partial charge < -0.3 is 19.5 Å². The SMILES string of the molecule is C=CCc1cc(C2C3=C(CCCC3=O)N(CC(=O)O)C3=C2C(=O)CCC3)cc(OC)c1OCc1ccccc1. The second-order valence-corrected chi connectivity index (χ2v) is 10.2. The van der Waals surface area contributed by atoms with Gasteiger partial charge in [-0.15, -0.1) is 6.58 Å². The minimum atomic E-state index is -0.988. The minimum Gasteiger partial charge on any atom is -0.493 e. The van der Waals surface area contributed by atoms with Crippen molar-refractivity contribution in [1.82, 2.24) is 4.90 Å². The van der Waals surface area contributed by atoms with Crippen molar-refractivity contribution in [3.8, 4) is 11.5 Å². The predicted molar refractivity (Wildman–Crippen MR) is 147 cm³/mol. The second-order valence-electron chi connectivity index (χ2n) is 10.2. The number of ether oxygens (including phenoxy) is 2. The molecule has 7 heteroatoms. The fourth-order valence-electron chi connectivity index (χ4n) is 6.08. The van der Waals surface area contributed by atoms with Gasteiger partial charge in [-0.25, -0.2) is 0 Å². The molecule has 39 heavy (non-hydrogen) atoms. The summed E-state index contributed by atoms with van der Waals surface area (Å²) in [5.41, 5.74) is 5.20. The van der Waals surface area contributed by atoms with E-state index in [1.807, 2.05) is 42.5 Å². The number of carboxylic acid groups (broad SMARTS) is 1. The Kier molecular flexibility index (Phi) is 7.68. The van der Waals surface area contributed by atoms with Gasteiger partial charge in [0.05, 0.1) is 7.11 Å². The molecule has 2 aliphatic carbocycles. The zero-order valence-electron chi connectivity index (χ0n) is 22.2. The third-order valence-electron chi connectivity index (χ3n) is 7.68. The number of ketones is 2. The predicted octanol–water partition coefficient (Wildman–Crippen LogP) is 5.50. The first kappa shape index (κ1) is 26.5. The van der Waals surface area contributed by atoms with E-state index in [9.17, 15) is 19.5 Å². The summed E-state index contributed by atoms with van der Waals surface area (Å²) in [4.78, 5) is 40.5. The second kappa shape index (κ2) is 11.3. The summed E-state index contributed by atoms with van der Waals surface area (Å²) in [6.07, 6.45) is 5.57. The lowest BCUT2D eigenvalue weighted by atomic mass is 9.70. The van der Waals surface area contributed by atoms with Crippen molar-refractivity contribution in [2.75, 3.05) is 13.7 Å². The molecular formula is C32H33NO6. The zero-order chi connectivity index (χ0) is 27.5. The van der Waals surface area contributed by atoms with Gasteiger partial charge in [-0.2, -0.15) is 0 Å². The van der Waals surface area contributed by atoms with Crippen molar-refractivity contribution in [1.29, 1.82) is 0 Å². The molecule has 0 saturated heterocycles. The minimum absolute atomic E-state index is 0.0322. The highest BCUT2D eigenvalue weighted by Gasteiger charge is 2.44. The molecule has 0 atom stereocenters. The van der Waals surface area contributed by atoms with Crippen molar-refractivity contribution in [3.63, 3.8) is 0 Å². The van der Waals surface area contributed by atoms with Crippen molar-refractivity contribution >= 4 is 17.5 Å². The normalized spacial score (nSPS) is 17.6. The average Bonchev–Trinajstić information content (AvgIpc) is 2.93. The molecule has 0 bridgehead atoms. The van der Waals surface area contributed by atoms with Gasteiger partial charge in [0.2, 0.25) is 0 Å². The largest absolute Gasteiger partial charge is 0.493 e. The standard InChI is InChI=1S/C32H33NO6/c1-3-9-21-16-22(17-27(38-2)32(21)39-19-20-10-5-4-6-11-20)29-30-23(12-7-14-25(30)34)33(18-28(36)37)24-13-8-15-26(35)31(24)29/h3-6,10-11,16-17,29H,1,7-9,12-15,18-19H2,2H3,(H,36,37).